The fourth-order valence-corrected chi connectivity index (χ4v) is 1.85. The molecule has 0 aliphatic heterocycles. The van der Waals surface area contributed by atoms with Crippen molar-refractivity contribution < 1.29 is 4.79 Å². The molecule has 0 radical (unpaired) electrons. The summed E-state index contributed by atoms with van der Waals surface area (Å²) in [7, 11) is 1.70. The zero-order chi connectivity index (χ0) is 15.2. The van der Waals surface area contributed by atoms with Gasteiger partial charge in [0.15, 0.2) is 0 Å². The number of hydrogen-bond acceptors (Lipinski definition) is 3. The maximum Gasteiger partial charge on any atom is 0.321 e. The molecular weight excluding hydrogens is 264 g/mol. The molecule has 2 aromatic rings. The predicted molar refractivity (Wildman–Crippen MR) is 82.5 cm³/mol. The topological polar surface area (TPSA) is 82.2 Å². The normalized spacial score (nSPS) is 9.71. The first-order valence-electron chi connectivity index (χ1n) is 6.46. The van der Waals surface area contributed by atoms with Gasteiger partial charge in [0.1, 0.15) is 0 Å². The molecule has 0 saturated heterocycles. The monoisotopic (exact) mass is 280 g/mol. The molecule has 21 heavy (non-hydrogen) atoms. The van der Waals surface area contributed by atoms with Gasteiger partial charge in [-0.05, 0) is 35.9 Å². The van der Waals surface area contributed by atoms with Crippen molar-refractivity contribution in [3.63, 3.8) is 0 Å². The molecule has 0 atom stereocenters. The van der Waals surface area contributed by atoms with Gasteiger partial charge in [-0.25, -0.2) is 4.79 Å². The van der Waals surface area contributed by atoms with Crippen LogP contribution in [0.15, 0.2) is 48.5 Å². The lowest BCUT2D eigenvalue weighted by Gasteiger charge is -2.19. The number of rotatable bonds is 3. The Morgan fingerprint density at radius 1 is 1.24 bits per heavy atom. The molecule has 0 heterocycles. The minimum atomic E-state index is -0.233. The molecule has 0 bridgehead atoms. The summed E-state index contributed by atoms with van der Waals surface area (Å²) in [5.41, 5.74) is 8.62. The number of nitriles is 1. The van der Waals surface area contributed by atoms with Crippen LogP contribution in [0.25, 0.3) is 0 Å². The van der Waals surface area contributed by atoms with E-state index in [2.05, 4.69) is 5.32 Å². The van der Waals surface area contributed by atoms with Gasteiger partial charge in [0.25, 0.3) is 0 Å². The lowest BCUT2D eigenvalue weighted by molar-refractivity contribution is 0.221. The number of urea groups is 1. The van der Waals surface area contributed by atoms with Crippen LogP contribution in [-0.4, -0.2) is 18.0 Å². The Morgan fingerprint density at radius 2 is 1.90 bits per heavy atom. The summed E-state index contributed by atoms with van der Waals surface area (Å²) in [6, 6.07) is 15.9. The number of nitrogens with two attached hydrogens (primary N) is 1. The molecule has 0 fully saturated rings. The molecule has 0 saturated carbocycles. The number of benzene rings is 2. The van der Waals surface area contributed by atoms with Gasteiger partial charge < -0.3 is 16.0 Å². The molecule has 0 unspecified atom stereocenters. The Balaban J connectivity index is 1.99. The van der Waals surface area contributed by atoms with E-state index in [0.717, 1.165) is 5.56 Å². The first-order chi connectivity index (χ1) is 10.1. The van der Waals surface area contributed by atoms with Gasteiger partial charge in [-0.1, -0.05) is 18.2 Å². The fraction of sp³-hybridized carbons (Fsp3) is 0.125. The second-order valence-corrected chi connectivity index (χ2v) is 4.67. The molecule has 106 valence electrons. The average Bonchev–Trinajstić information content (AvgIpc) is 2.50. The van der Waals surface area contributed by atoms with Crippen LogP contribution in [0.4, 0.5) is 16.2 Å². The highest BCUT2D eigenvalue weighted by molar-refractivity contribution is 5.89. The summed E-state index contributed by atoms with van der Waals surface area (Å²) >= 11 is 0. The van der Waals surface area contributed by atoms with E-state index in [0.29, 0.717) is 23.5 Å². The number of nitrogens with zero attached hydrogens (tertiary/aromatic N) is 2. The SMILES string of the molecule is CN(Cc1ccccc1N)C(=O)Nc1ccc(C#N)cc1. The van der Waals surface area contributed by atoms with E-state index in [1.165, 1.54) is 0 Å². The Hall–Kier alpha value is -3.00. The van der Waals surface area contributed by atoms with Crippen molar-refractivity contribution in [2.24, 2.45) is 0 Å². The van der Waals surface area contributed by atoms with Crippen LogP contribution in [0.2, 0.25) is 0 Å². The highest BCUT2D eigenvalue weighted by atomic mass is 16.2. The summed E-state index contributed by atoms with van der Waals surface area (Å²) in [5.74, 6) is 0. The van der Waals surface area contributed by atoms with E-state index < -0.39 is 0 Å². The molecule has 2 rings (SSSR count). The quantitative estimate of drug-likeness (QED) is 0.848. The third-order valence-electron chi connectivity index (χ3n) is 3.07. The number of carbonyl (C=O) groups excluding carboxylic acids is 1. The lowest BCUT2D eigenvalue weighted by atomic mass is 10.2. The van der Waals surface area contributed by atoms with E-state index in [-0.39, 0.29) is 6.03 Å². The first kappa shape index (κ1) is 14.4. The van der Waals surface area contributed by atoms with Crippen molar-refractivity contribution in [3.05, 3.63) is 59.7 Å². The number of hydrogen-bond donors (Lipinski definition) is 2. The first-order valence-corrected chi connectivity index (χ1v) is 6.46. The van der Waals surface area contributed by atoms with Crippen molar-refractivity contribution in [1.82, 2.24) is 4.90 Å². The van der Waals surface area contributed by atoms with Crippen LogP contribution in [0.5, 0.6) is 0 Å². The molecule has 0 aromatic heterocycles. The van der Waals surface area contributed by atoms with Gasteiger partial charge in [0, 0.05) is 25.0 Å². The second-order valence-electron chi connectivity index (χ2n) is 4.67. The van der Waals surface area contributed by atoms with Gasteiger partial charge in [0.05, 0.1) is 11.6 Å². The average molecular weight is 280 g/mol. The lowest BCUT2D eigenvalue weighted by Crippen LogP contribution is -2.31. The molecule has 0 aliphatic carbocycles. The van der Waals surface area contributed by atoms with E-state index >= 15 is 0 Å². The molecule has 5 heteroatoms. The predicted octanol–water partition coefficient (Wildman–Crippen LogP) is 2.80. The van der Waals surface area contributed by atoms with Crippen LogP contribution in [0, 0.1) is 11.3 Å². The minimum Gasteiger partial charge on any atom is -0.398 e. The van der Waals surface area contributed by atoms with Crippen molar-refractivity contribution in [3.8, 4) is 6.07 Å². The highest BCUT2D eigenvalue weighted by Crippen LogP contribution is 2.14. The van der Waals surface area contributed by atoms with Crippen LogP contribution >= 0.6 is 0 Å². The standard InChI is InChI=1S/C16H16N4O/c1-20(11-13-4-2-3-5-15(13)18)16(21)19-14-8-6-12(10-17)7-9-14/h2-9H,11,18H2,1H3,(H,19,21). The third kappa shape index (κ3) is 3.74. The van der Waals surface area contributed by atoms with Gasteiger partial charge in [-0.2, -0.15) is 5.26 Å². The van der Waals surface area contributed by atoms with Gasteiger partial charge in [-0.15, -0.1) is 0 Å². The second kappa shape index (κ2) is 6.44. The molecular formula is C16H16N4O. The van der Waals surface area contributed by atoms with Crippen molar-refractivity contribution >= 4 is 17.4 Å². The van der Waals surface area contributed by atoms with Crippen molar-refractivity contribution in [1.29, 1.82) is 5.26 Å². The number of para-hydroxylation sites is 1. The molecule has 2 aromatic carbocycles. The summed E-state index contributed by atoms with van der Waals surface area (Å²) in [6.07, 6.45) is 0. The number of nitrogens with one attached hydrogen (secondary N) is 1. The highest BCUT2D eigenvalue weighted by Gasteiger charge is 2.10. The largest absolute Gasteiger partial charge is 0.398 e. The smallest absolute Gasteiger partial charge is 0.321 e. The van der Waals surface area contributed by atoms with Gasteiger partial charge in [0.2, 0.25) is 0 Å². The summed E-state index contributed by atoms with van der Waals surface area (Å²) < 4.78 is 0. The number of anilines is 2. The summed E-state index contributed by atoms with van der Waals surface area (Å²) in [4.78, 5) is 13.6. The van der Waals surface area contributed by atoms with Gasteiger partial charge in [-0.3, -0.25) is 0 Å². The van der Waals surface area contributed by atoms with E-state index in [1.54, 1.807) is 36.2 Å². The maximum atomic E-state index is 12.1. The van der Waals surface area contributed by atoms with E-state index in [9.17, 15) is 4.79 Å². The number of amides is 2. The maximum absolute atomic E-state index is 12.1. The third-order valence-corrected chi connectivity index (χ3v) is 3.07. The fourth-order valence-electron chi connectivity index (χ4n) is 1.85. The van der Waals surface area contributed by atoms with E-state index in [1.807, 2.05) is 30.3 Å². The summed E-state index contributed by atoms with van der Waals surface area (Å²) in [5, 5.41) is 11.5. The Bertz CT molecular complexity index is 673. The molecule has 0 aliphatic rings. The van der Waals surface area contributed by atoms with Crippen LogP contribution in [-0.2, 0) is 6.54 Å². The van der Waals surface area contributed by atoms with Crippen LogP contribution in [0.3, 0.4) is 0 Å². The van der Waals surface area contributed by atoms with Crippen LogP contribution in [0.1, 0.15) is 11.1 Å². The summed E-state index contributed by atoms with van der Waals surface area (Å²) in [6.45, 7) is 0.425. The van der Waals surface area contributed by atoms with Crippen molar-refractivity contribution in [2.45, 2.75) is 6.54 Å². The number of carbonyl (C=O) groups is 1. The molecule has 5 nitrogen and oxygen atoms in total. The molecule has 3 N–H and O–H groups in total. The van der Waals surface area contributed by atoms with Crippen molar-refractivity contribution in [2.75, 3.05) is 18.1 Å². The number of nitrogen functional groups attached to an aromatic ring is 1. The Morgan fingerprint density at radius 3 is 2.52 bits per heavy atom. The minimum absolute atomic E-state index is 0.233. The molecule has 2 amide bonds. The van der Waals surface area contributed by atoms with Gasteiger partial charge >= 0.3 is 6.03 Å². The molecule has 0 spiro atoms. The van der Waals surface area contributed by atoms with Crippen LogP contribution < -0.4 is 11.1 Å². The Kier molecular flexibility index (Phi) is 4.42. The zero-order valence-electron chi connectivity index (χ0n) is 11.7. The Labute approximate surface area is 123 Å². The van der Waals surface area contributed by atoms with E-state index in [4.69, 9.17) is 11.0 Å². The zero-order valence-corrected chi connectivity index (χ0v) is 11.7.